The van der Waals surface area contributed by atoms with E-state index in [9.17, 15) is 14.4 Å². The average molecular weight is 435 g/mol. The van der Waals surface area contributed by atoms with Crippen LogP contribution in [0.3, 0.4) is 0 Å². The van der Waals surface area contributed by atoms with Gasteiger partial charge in [-0.1, -0.05) is 34.6 Å². The van der Waals surface area contributed by atoms with Crippen LogP contribution in [0.1, 0.15) is 66.2 Å². The highest BCUT2D eigenvalue weighted by Gasteiger charge is 2.23. The van der Waals surface area contributed by atoms with Gasteiger partial charge in [0.15, 0.2) is 5.76 Å². The molecule has 0 aliphatic carbocycles. The van der Waals surface area contributed by atoms with E-state index < -0.39 is 17.2 Å². The van der Waals surface area contributed by atoms with E-state index in [1.54, 1.807) is 25.1 Å². The fourth-order valence-electron chi connectivity index (χ4n) is 2.55. The minimum atomic E-state index is -0.540. The van der Waals surface area contributed by atoms with E-state index in [4.69, 9.17) is 4.42 Å². The molecule has 0 spiro atoms. The van der Waals surface area contributed by atoms with Gasteiger partial charge >= 0.3 is 5.91 Å². The van der Waals surface area contributed by atoms with Crippen molar-refractivity contribution in [1.29, 1.82) is 0 Å². The molecule has 0 atom stereocenters. The van der Waals surface area contributed by atoms with E-state index in [1.807, 2.05) is 20.8 Å². The van der Waals surface area contributed by atoms with Crippen molar-refractivity contribution in [2.45, 2.75) is 48.1 Å². The number of thiophene rings is 1. The number of furan rings is 1. The Morgan fingerprint density at radius 2 is 1.70 bits per heavy atom. The van der Waals surface area contributed by atoms with Gasteiger partial charge in [0.1, 0.15) is 5.76 Å². The lowest BCUT2D eigenvalue weighted by molar-refractivity contribution is -0.123. The topological polar surface area (TPSA) is 104 Å². The van der Waals surface area contributed by atoms with Crippen molar-refractivity contribution in [3.63, 3.8) is 0 Å². The molecule has 0 aromatic carbocycles. The Bertz CT molecular complexity index is 906. The van der Waals surface area contributed by atoms with Gasteiger partial charge in [0.2, 0.25) is 5.91 Å². The van der Waals surface area contributed by atoms with Crippen LogP contribution in [0.4, 0.5) is 5.00 Å². The number of nitrogens with one attached hydrogen (secondary N) is 3. The molecule has 9 heteroatoms. The fraction of sp³-hybridized carbons (Fsp3) is 0.476. The van der Waals surface area contributed by atoms with E-state index in [-0.39, 0.29) is 11.7 Å². The highest BCUT2D eigenvalue weighted by atomic mass is 32.1. The second kappa shape index (κ2) is 9.90. The highest BCUT2D eigenvalue weighted by molar-refractivity contribution is 7.18. The number of anilines is 1. The zero-order chi connectivity index (χ0) is 22.5. The van der Waals surface area contributed by atoms with Crippen molar-refractivity contribution < 1.29 is 18.8 Å². The number of nitrogens with zero attached hydrogens (tertiary/aromatic N) is 1. The Morgan fingerprint density at radius 3 is 2.30 bits per heavy atom. The molecule has 0 saturated heterocycles. The number of aryl methyl sites for hydroxylation is 1. The molecule has 3 amide bonds. The van der Waals surface area contributed by atoms with Crippen molar-refractivity contribution in [3.8, 4) is 0 Å². The summed E-state index contributed by atoms with van der Waals surface area (Å²) < 4.78 is 5.57. The molecule has 2 heterocycles. The van der Waals surface area contributed by atoms with Gasteiger partial charge in [-0.05, 0) is 43.8 Å². The lowest BCUT2D eigenvalue weighted by Gasteiger charge is -2.16. The first-order valence-corrected chi connectivity index (χ1v) is 10.7. The van der Waals surface area contributed by atoms with E-state index >= 15 is 0 Å². The maximum absolute atomic E-state index is 12.5. The standard InChI is InChI=1S/C21H30N4O4S/c1-7-25(8-2)12-14-9-10-15(29-14)18(26)23-24-19(27)17-13(3)11-16(30-17)22-20(28)21(4,5)6/h9-11H,7-8,12H2,1-6H3,(H,22,28)(H,23,26)(H,24,27). The summed E-state index contributed by atoms with van der Waals surface area (Å²) in [5, 5.41) is 3.39. The number of hydrazine groups is 1. The third-order valence-electron chi connectivity index (χ3n) is 4.49. The smallest absolute Gasteiger partial charge is 0.305 e. The van der Waals surface area contributed by atoms with Gasteiger partial charge in [0.05, 0.1) is 16.4 Å². The maximum Gasteiger partial charge on any atom is 0.305 e. The molecule has 0 aliphatic rings. The van der Waals surface area contributed by atoms with Crippen molar-refractivity contribution in [1.82, 2.24) is 15.8 Å². The normalized spacial score (nSPS) is 11.4. The molecule has 2 rings (SSSR count). The number of carbonyl (C=O) groups is 3. The molecule has 0 radical (unpaired) electrons. The van der Waals surface area contributed by atoms with Crippen LogP contribution in [0, 0.1) is 12.3 Å². The summed E-state index contributed by atoms with van der Waals surface area (Å²) in [5.74, 6) is -0.328. The van der Waals surface area contributed by atoms with E-state index in [0.717, 1.165) is 24.4 Å². The number of hydrogen-bond acceptors (Lipinski definition) is 6. The largest absolute Gasteiger partial charge is 0.454 e. The predicted octanol–water partition coefficient (Wildman–Crippen LogP) is 3.55. The SMILES string of the molecule is CCN(CC)Cc1ccc(C(=O)NNC(=O)c2sc(NC(=O)C(C)(C)C)cc2C)o1. The van der Waals surface area contributed by atoms with Crippen molar-refractivity contribution >= 4 is 34.1 Å². The lowest BCUT2D eigenvalue weighted by atomic mass is 9.96. The summed E-state index contributed by atoms with van der Waals surface area (Å²) in [6.07, 6.45) is 0. The minimum absolute atomic E-state index is 0.124. The molecule has 2 aromatic rings. The quantitative estimate of drug-likeness (QED) is 0.578. The van der Waals surface area contributed by atoms with Gasteiger partial charge in [-0.25, -0.2) is 0 Å². The molecular weight excluding hydrogens is 404 g/mol. The van der Waals surface area contributed by atoms with Crippen LogP contribution >= 0.6 is 11.3 Å². The van der Waals surface area contributed by atoms with Gasteiger partial charge < -0.3 is 9.73 Å². The van der Waals surface area contributed by atoms with Crippen LogP contribution in [0.25, 0.3) is 0 Å². The Labute approximate surface area is 181 Å². The van der Waals surface area contributed by atoms with Gasteiger partial charge in [-0.2, -0.15) is 0 Å². The second-order valence-electron chi connectivity index (χ2n) is 7.96. The predicted molar refractivity (Wildman–Crippen MR) is 117 cm³/mol. The molecule has 30 heavy (non-hydrogen) atoms. The summed E-state index contributed by atoms with van der Waals surface area (Å²) in [7, 11) is 0. The zero-order valence-electron chi connectivity index (χ0n) is 18.3. The summed E-state index contributed by atoms with van der Waals surface area (Å²) in [5.41, 5.74) is 4.93. The van der Waals surface area contributed by atoms with Crippen molar-refractivity contribution in [2.75, 3.05) is 18.4 Å². The number of rotatable bonds is 7. The number of carbonyl (C=O) groups excluding carboxylic acids is 3. The summed E-state index contributed by atoms with van der Waals surface area (Å²) in [6, 6.07) is 5.07. The first kappa shape index (κ1) is 23.6. The Kier molecular flexibility index (Phi) is 7.80. The van der Waals surface area contributed by atoms with E-state index in [2.05, 4.69) is 34.9 Å². The van der Waals surface area contributed by atoms with Crippen LogP contribution in [0.5, 0.6) is 0 Å². The van der Waals surface area contributed by atoms with Crippen molar-refractivity contribution in [3.05, 3.63) is 40.2 Å². The van der Waals surface area contributed by atoms with Crippen LogP contribution in [-0.2, 0) is 11.3 Å². The monoisotopic (exact) mass is 434 g/mol. The molecule has 0 aliphatic heterocycles. The number of hydrogen-bond donors (Lipinski definition) is 3. The van der Waals surface area contributed by atoms with Gasteiger partial charge in [0.25, 0.3) is 5.91 Å². The molecule has 8 nitrogen and oxygen atoms in total. The molecular formula is C21H30N4O4S. The maximum atomic E-state index is 12.5. The van der Waals surface area contributed by atoms with Crippen LogP contribution < -0.4 is 16.2 Å². The molecule has 0 bridgehead atoms. The van der Waals surface area contributed by atoms with Crippen LogP contribution in [0.15, 0.2) is 22.6 Å². The average Bonchev–Trinajstić information content (AvgIpc) is 3.29. The summed E-state index contributed by atoms with van der Waals surface area (Å²) in [4.78, 5) is 39.4. The lowest BCUT2D eigenvalue weighted by Crippen LogP contribution is -2.41. The first-order chi connectivity index (χ1) is 14.0. The fourth-order valence-corrected chi connectivity index (χ4v) is 3.52. The van der Waals surface area contributed by atoms with Crippen LogP contribution in [0.2, 0.25) is 0 Å². The van der Waals surface area contributed by atoms with Gasteiger partial charge in [-0.3, -0.25) is 30.1 Å². The molecule has 0 saturated carbocycles. The molecule has 0 fully saturated rings. The number of amides is 3. The Balaban J connectivity index is 1.95. The summed E-state index contributed by atoms with van der Waals surface area (Å²) >= 11 is 1.15. The third-order valence-corrected chi connectivity index (χ3v) is 5.64. The molecule has 2 aromatic heterocycles. The third kappa shape index (κ3) is 6.17. The molecule has 3 N–H and O–H groups in total. The second-order valence-corrected chi connectivity index (χ2v) is 9.01. The highest BCUT2D eigenvalue weighted by Crippen LogP contribution is 2.28. The Morgan fingerprint density at radius 1 is 1.07 bits per heavy atom. The molecule has 0 unspecified atom stereocenters. The van der Waals surface area contributed by atoms with E-state index in [0.29, 0.717) is 27.7 Å². The van der Waals surface area contributed by atoms with Gasteiger partial charge in [-0.15, -0.1) is 11.3 Å². The molecule has 164 valence electrons. The first-order valence-electron chi connectivity index (χ1n) is 9.88. The minimum Gasteiger partial charge on any atom is -0.454 e. The van der Waals surface area contributed by atoms with Gasteiger partial charge in [0, 0.05) is 5.41 Å². The summed E-state index contributed by atoms with van der Waals surface area (Å²) in [6.45, 7) is 13.7. The van der Waals surface area contributed by atoms with Crippen molar-refractivity contribution in [2.24, 2.45) is 5.41 Å². The Hall–Kier alpha value is -2.65. The van der Waals surface area contributed by atoms with E-state index in [1.165, 1.54) is 0 Å². The van der Waals surface area contributed by atoms with Crippen LogP contribution in [-0.4, -0.2) is 35.7 Å². The zero-order valence-corrected chi connectivity index (χ0v) is 19.2.